The van der Waals surface area contributed by atoms with Gasteiger partial charge in [0.25, 0.3) is 0 Å². The molecule has 0 saturated carbocycles. The predicted octanol–water partition coefficient (Wildman–Crippen LogP) is 13.9. The predicted molar refractivity (Wildman–Crippen MR) is 176 cm³/mol. The Morgan fingerprint density at radius 1 is 0.375 bits per heavy atom. The third-order valence-corrected chi connectivity index (χ3v) is 7.97. The van der Waals surface area contributed by atoms with E-state index in [4.69, 9.17) is 9.47 Å². The number of ether oxygens (including phenoxy) is 2. The Morgan fingerprint density at radius 3 is 0.850 bits per heavy atom. The molecule has 0 spiro atoms. The zero-order valence-electron chi connectivity index (χ0n) is 27.2. The van der Waals surface area contributed by atoms with Crippen molar-refractivity contribution in [2.24, 2.45) is 0 Å². The van der Waals surface area contributed by atoms with E-state index in [0.717, 1.165) is 25.7 Å². The molecule has 0 aromatic carbocycles. The molecule has 0 aromatic rings. The molecule has 0 radical (unpaired) electrons. The molecule has 0 aromatic heterocycles. The van der Waals surface area contributed by atoms with E-state index in [-0.39, 0.29) is 0 Å². The highest BCUT2D eigenvalue weighted by Gasteiger charge is 1.98. The van der Waals surface area contributed by atoms with Crippen LogP contribution in [0.3, 0.4) is 0 Å². The lowest BCUT2D eigenvalue weighted by molar-refractivity contribution is 0.119. The summed E-state index contributed by atoms with van der Waals surface area (Å²) in [6.07, 6.45) is 46.5. The van der Waals surface area contributed by atoms with Gasteiger partial charge >= 0.3 is 6.16 Å². The second-order valence-electron chi connectivity index (χ2n) is 12.0. The largest absolute Gasteiger partial charge is 0.518 e. The molecule has 0 atom stereocenters. The van der Waals surface area contributed by atoms with Crippen LogP contribution in [0.5, 0.6) is 0 Å². The van der Waals surface area contributed by atoms with Gasteiger partial charge in [-0.1, -0.05) is 181 Å². The molecule has 0 amide bonds. The van der Waals surface area contributed by atoms with E-state index < -0.39 is 6.16 Å². The highest BCUT2D eigenvalue weighted by molar-refractivity contribution is 5.61. The van der Waals surface area contributed by atoms with Crippen molar-refractivity contribution in [1.82, 2.24) is 0 Å². The van der Waals surface area contributed by atoms with Crippen LogP contribution in [0.1, 0.15) is 206 Å². The van der Waals surface area contributed by atoms with E-state index in [2.05, 4.69) is 13.8 Å². The first-order valence-corrected chi connectivity index (χ1v) is 18.0. The second kappa shape index (κ2) is 35.8. The van der Waals surface area contributed by atoms with E-state index in [1.165, 1.54) is 179 Å². The number of carbonyl (C=O) groups is 1. The summed E-state index contributed by atoms with van der Waals surface area (Å²) in [6, 6.07) is 0. The molecule has 0 bridgehead atoms. The number of hydrogen-bond donors (Lipinski definition) is 0. The zero-order chi connectivity index (χ0) is 29.0. The van der Waals surface area contributed by atoms with Crippen LogP contribution in [0, 0.1) is 0 Å². The molecule has 0 heterocycles. The number of rotatable bonds is 32. The number of hydrogen-bond acceptors (Lipinski definition) is 3. The molecule has 0 saturated heterocycles. The van der Waals surface area contributed by atoms with Crippen molar-refractivity contribution in [3.8, 4) is 0 Å². The third kappa shape index (κ3) is 34.8. The van der Waals surface area contributed by atoms with Crippen molar-refractivity contribution >= 4 is 6.16 Å². The first-order valence-electron chi connectivity index (χ1n) is 18.0. The minimum atomic E-state index is -0.644. The normalized spacial score (nSPS) is 11.7. The Balaban J connectivity index is 3.27. The topological polar surface area (TPSA) is 35.5 Å². The van der Waals surface area contributed by atoms with Crippen molar-refractivity contribution in [1.29, 1.82) is 0 Å². The Kier molecular flexibility index (Phi) is 34.7. The molecule has 0 N–H and O–H groups in total. The van der Waals surface area contributed by atoms with Gasteiger partial charge in [-0.15, -0.1) is 0 Å². The van der Waals surface area contributed by atoms with Crippen LogP contribution in [0.2, 0.25) is 0 Å². The molecular formula is C37H70O3. The van der Waals surface area contributed by atoms with Crippen LogP contribution < -0.4 is 0 Å². The van der Waals surface area contributed by atoms with Gasteiger partial charge in [0.15, 0.2) is 0 Å². The SMILES string of the molecule is CCCCCCCCCCCCCCCC/C=C/OC(=O)O/C=C/CCCCCCCCCCCCCCCC. The van der Waals surface area contributed by atoms with Crippen LogP contribution in [0.15, 0.2) is 24.7 Å². The summed E-state index contributed by atoms with van der Waals surface area (Å²) in [5.41, 5.74) is 0. The van der Waals surface area contributed by atoms with Crippen LogP contribution in [-0.2, 0) is 9.47 Å². The van der Waals surface area contributed by atoms with Crippen LogP contribution in [-0.4, -0.2) is 6.16 Å². The molecule has 0 aliphatic rings. The molecule has 0 rings (SSSR count). The minimum Gasteiger partial charge on any atom is -0.403 e. The number of allylic oxidation sites excluding steroid dienone is 2. The standard InChI is InChI=1S/C37H70O3/c1-3-5-7-9-11-13-15-17-19-21-23-25-27-29-31-33-35-39-37(38)40-36-34-32-30-28-26-24-22-20-18-16-14-12-10-8-6-4-2/h33-36H,3-32H2,1-2H3/b35-33+,36-34+. The van der Waals surface area contributed by atoms with Crippen LogP contribution in [0.4, 0.5) is 4.79 Å². The van der Waals surface area contributed by atoms with Crippen molar-refractivity contribution < 1.29 is 14.3 Å². The summed E-state index contributed by atoms with van der Waals surface area (Å²) in [7, 11) is 0. The van der Waals surface area contributed by atoms with E-state index in [0.29, 0.717) is 0 Å². The highest BCUT2D eigenvalue weighted by Crippen LogP contribution is 2.15. The average Bonchev–Trinajstić information content (AvgIpc) is 2.96. The lowest BCUT2D eigenvalue weighted by Gasteiger charge is -2.03. The lowest BCUT2D eigenvalue weighted by Crippen LogP contribution is -1.97. The Hall–Kier alpha value is -1.25. The smallest absolute Gasteiger partial charge is 0.403 e. The van der Waals surface area contributed by atoms with Gasteiger partial charge in [-0.25, -0.2) is 4.79 Å². The maximum atomic E-state index is 11.6. The molecule has 236 valence electrons. The van der Waals surface area contributed by atoms with Crippen LogP contribution in [0.25, 0.3) is 0 Å². The Labute approximate surface area is 251 Å². The molecule has 0 fully saturated rings. The summed E-state index contributed by atoms with van der Waals surface area (Å²) >= 11 is 0. The summed E-state index contributed by atoms with van der Waals surface area (Å²) in [6.45, 7) is 4.56. The lowest BCUT2D eigenvalue weighted by atomic mass is 10.0. The van der Waals surface area contributed by atoms with Crippen molar-refractivity contribution in [2.75, 3.05) is 0 Å². The second-order valence-corrected chi connectivity index (χ2v) is 12.0. The van der Waals surface area contributed by atoms with Gasteiger partial charge in [-0.2, -0.15) is 0 Å². The summed E-state index contributed by atoms with van der Waals surface area (Å²) in [5.74, 6) is 0. The Bertz CT molecular complexity index is 494. The van der Waals surface area contributed by atoms with Gasteiger partial charge in [0.2, 0.25) is 0 Å². The van der Waals surface area contributed by atoms with E-state index >= 15 is 0 Å². The summed E-state index contributed by atoms with van der Waals surface area (Å²) in [5, 5.41) is 0. The highest BCUT2D eigenvalue weighted by atomic mass is 16.7. The molecule has 0 unspecified atom stereocenters. The fraction of sp³-hybridized carbons (Fsp3) is 0.865. The summed E-state index contributed by atoms with van der Waals surface area (Å²) < 4.78 is 9.99. The zero-order valence-corrected chi connectivity index (χ0v) is 27.2. The van der Waals surface area contributed by atoms with Gasteiger partial charge in [0.1, 0.15) is 0 Å². The average molecular weight is 563 g/mol. The molecule has 3 heteroatoms. The van der Waals surface area contributed by atoms with E-state index in [1.54, 1.807) is 0 Å². The van der Waals surface area contributed by atoms with Gasteiger partial charge in [-0.3, -0.25) is 0 Å². The number of unbranched alkanes of at least 4 members (excludes halogenated alkanes) is 28. The first-order chi connectivity index (χ1) is 19.8. The molecule has 0 aliphatic heterocycles. The fourth-order valence-corrected chi connectivity index (χ4v) is 5.28. The molecule has 40 heavy (non-hydrogen) atoms. The van der Waals surface area contributed by atoms with Crippen LogP contribution >= 0.6 is 0 Å². The molecule has 0 aliphatic carbocycles. The van der Waals surface area contributed by atoms with Gasteiger partial charge < -0.3 is 9.47 Å². The first kappa shape index (κ1) is 38.8. The monoisotopic (exact) mass is 563 g/mol. The number of carbonyl (C=O) groups excluding carboxylic acids is 1. The minimum absolute atomic E-state index is 0.644. The van der Waals surface area contributed by atoms with Gasteiger partial charge in [0, 0.05) is 0 Å². The van der Waals surface area contributed by atoms with Gasteiger partial charge in [-0.05, 0) is 37.8 Å². The van der Waals surface area contributed by atoms with Crippen molar-refractivity contribution in [3.63, 3.8) is 0 Å². The third-order valence-electron chi connectivity index (χ3n) is 7.97. The van der Waals surface area contributed by atoms with Gasteiger partial charge in [0.05, 0.1) is 12.5 Å². The van der Waals surface area contributed by atoms with E-state index in [9.17, 15) is 4.79 Å². The van der Waals surface area contributed by atoms with E-state index in [1.807, 2.05) is 12.2 Å². The summed E-state index contributed by atoms with van der Waals surface area (Å²) in [4.78, 5) is 11.6. The Morgan fingerprint density at radius 2 is 0.600 bits per heavy atom. The quantitative estimate of drug-likeness (QED) is 0.0464. The molecule has 3 nitrogen and oxygen atoms in total. The maximum Gasteiger partial charge on any atom is 0.518 e. The van der Waals surface area contributed by atoms with Crippen molar-refractivity contribution in [2.45, 2.75) is 206 Å². The van der Waals surface area contributed by atoms with Crippen molar-refractivity contribution in [3.05, 3.63) is 24.7 Å². The fourth-order valence-electron chi connectivity index (χ4n) is 5.28. The maximum absolute atomic E-state index is 11.6. The molecular weight excluding hydrogens is 492 g/mol.